The predicted octanol–water partition coefficient (Wildman–Crippen LogP) is -0.742. The summed E-state index contributed by atoms with van der Waals surface area (Å²) < 4.78 is 0. The summed E-state index contributed by atoms with van der Waals surface area (Å²) in [6, 6.07) is 14.2. The molecule has 2 aromatic carbocycles. The van der Waals surface area contributed by atoms with Crippen LogP contribution in [0.1, 0.15) is 12.5 Å². The number of fused-ring (bicyclic) bond motifs is 1. The molecule has 2 nitrogen and oxygen atoms in total. The molecular formula is C15H15NaO2S. The molecule has 19 heavy (non-hydrogen) atoms. The van der Waals surface area contributed by atoms with Gasteiger partial charge in [0.25, 0.3) is 0 Å². The number of thioether (sulfide) groups is 1. The van der Waals surface area contributed by atoms with Crippen molar-refractivity contribution in [3.63, 3.8) is 0 Å². The molecular weight excluding hydrogens is 267 g/mol. The molecule has 1 atom stereocenters. The summed E-state index contributed by atoms with van der Waals surface area (Å²) in [6.45, 7) is 1.96. The minimum atomic E-state index is -0.977. The molecule has 0 aliphatic heterocycles. The van der Waals surface area contributed by atoms with Crippen LogP contribution in [0.3, 0.4) is 0 Å². The number of hydrogen-bond donors (Lipinski definition) is 0. The maximum Gasteiger partial charge on any atom is 1.00 e. The van der Waals surface area contributed by atoms with E-state index in [1.54, 1.807) is 0 Å². The zero-order valence-electron chi connectivity index (χ0n) is 11.3. The standard InChI is InChI=1S/C15H16O2S.Na/c1-2-18-14(15(16)17)10-11-7-8-12-5-3-4-6-13(12)9-11;/h3-9,14H,2,10H2,1H3,(H,16,17);/q;+1/p-1. The molecule has 0 aliphatic carbocycles. The topological polar surface area (TPSA) is 40.1 Å². The predicted molar refractivity (Wildman–Crippen MR) is 74.6 cm³/mol. The van der Waals surface area contributed by atoms with Crippen molar-refractivity contribution in [3.8, 4) is 0 Å². The molecule has 1 unspecified atom stereocenters. The summed E-state index contributed by atoms with van der Waals surface area (Å²) in [5, 5.41) is 12.9. The molecule has 0 radical (unpaired) electrons. The summed E-state index contributed by atoms with van der Waals surface area (Å²) in [6.07, 6.45) is 0.520. The fraction of sp³-hybridized carbons (Fsp3) is 0.267. The van der Waals surface area contributed by atoms with E-state index in [2.05, 4.69) is 12.1 Å². The Bertz CT molecular complexity index is 557. The third-order valence-corrected chi connectivity index (χ3v) is 3.96. The molecule has 0 N–H and O–H groups in total. The number of aliphatic carboxylic acids is 1. The van der Waals surface area contributed by atoms with Gasteiger partial charge in [0.15, 0.2) is 0 Å². The molecule has 4 heteroatoms. The van der Waals surface area contributed by atoms with Crippen molar-refractivity contribution in [3.05, 3.63) is 48.0 Å². The van der Waals surface area contributed by atoms with Crippen LogP contribution < -0.4 is 34.7 Å². The van der Waals surface area contributed by atoms with Gasteiger partial charge >= 0.3 is 29.6 Å². The van der Waals surface area contributed by atoms with E-state index in [0.717, 1.165) is 16.7 Å². The van der Waals surface area contributed by atoms with Crippen LogP contribution in [-0.4, -0.2) is 17.0 Å². The Balaban J connectivity index is 0.00000180. The van der Waals surface area contributed by atoms with Gasteiger partial charge in [-0.2, -0.15) is 11.8 Å². The van der Waals surface area contributed by atoms with Crippen LogP contribution in [-0.2, 0) is 11.2 Å². The summed E-state index contributed by atoms with van der Waals surface area (Å²) in [5.41, 5.74) is 1.05. The van der Waals surface area contributed by atoms with Crippen molar-refractivity contribution >= 4 is 28.5 Å². The van der Waals surface area contributed by atoms with E-state index in [1.807, 2.05) is 37.3 Å². The van der Waals surface area contributed by atoms with Gasteiger partial charge < -0.3 is 9.90 Å². The molecule has 0 saturated carbocycles. The number of carbonyl (C=O) groups excluding carboxylic acids is 1. The summed E-state index contributed by atoms with van der Waals surface area (Å²) in [7, 11) is 0. The Labute approximate surface area is 139 Å². The smallest absolute Gasteiger partial charge is 0.549 e. The summed E-state index contributed by atoms with van der Waals surface area (Å²) in [5.74, 6) is -0.193. The fourth-order valence-corrected chi connectivity index (χ4v) is 2.84. The minimum Gasteiger partial charge on any atom is -0.549 e. The summed E-state index contributed by atoms with van der Waals surface area (Å²) in [4.78, 5) is 11.0. The van der Waals surface area contributed by atoms with Gasteiger partial charge in [0.2, 0.25) is 0 Å². The Morgan fingerprint density at radius 3 is 2.53 bits per heavy atom. The number of hydrogen-bond acceptors (Lipinski definition) is 3. The normalized spacial score (nSPS) is 11.8. The molecule has 0 spiro atoms. The average Bonchev–Trinajstić information content (AvgIpc) is 2.38. The van der Waals surface area contributed by atoms with Crippen molar-refractivity contribution in [2.24, 2.45) is 0 Å². The Kier molecular flexibility index (Phi) is 6.94. The third-order valence-electron chi connectivity index (χ3n) is 2.87. The quantitative estimate of drug-likeness (QED) is 0.678. The Hall–Kier alpha value is -0.480. The van der Waals surface area contributed by atoms with Crippen molar-refractivity contribution in [1.29, 1.82) is 0 Å². The van der Waals surface area contributed by atoms with Crippen molar-refractivity contribution < 1.29 is 39.5 Å². The van der Waals surface area contributed by atoms with E-state index < -0.39 is 11.2 Å². The van der Waals surface area contributed by atoms with E-state index in [0.29, 0.717) is 6.42 Å². The van der Waals surface area contributed by atoms with E-state index in [-0.39, 0.29) is 29.6 Å². The van der Waals surface area contributed by atoms with Gasteiger partial charge in [-0.15, -0.1) is 0 Å². The molecule has 94 valence electrons. The van der Waals surface area contributed by atoms with Gasteiger partial charge in [0, 0.05) is 5.25 Å². The van der Waals surface area contributed by atoms with E-state index in [1.165, 1.54) is 17.1 Å². The van der Waals surface area contributed by atoms with Crippen LogP contribution in [0, 0.1) is 0 Å². The molecule has 0 heterocycles. The van der Waals surface area contributed by atoms with E-state index >= 15 is 0 Å². The molecule has 0 saturated heterocycles. The second kappa shape index (κ2) is 7.95. The van der Waals surface area contributed by atoms with Gasteiger partial charge in [-0.05, 0) is 28.5 Å². The zero-order valence-corrected chi connectivity index (χ0v) is 14.1. The van der Waals surface area contributed by atoms with Crippen LogP contribution in [0.4, 0.5) is 0 Å². The fourth-order valence-electron chi connectivity index (χ4n) is 1.99. The maximum absolute atomic E-state index is 11.0. The summed E-state index contributed by atoms with van der Waals surface area (Å²) >= 11 is 1.42. The number of carboxylic acids is 1. The first-order valence-electron chi connectivity index (χ1n) is 6.01. The largest absolute Gasteiger partial charge is 1.00 e. The SMILES string of the molecule is CCSC(Cc1ccc2ccccc2c1)C(=O)[O-].[Na+]. The van der Waals surface area contributed by atoms with E-state index in [4.69, 9.17) is 0 Å². The Morgan fingerprint density at radius 2 is 1.89 bits per heavy atom. The van der Waals surface area contributed by atoms with Crippen LogP contribution in [0.15, 0.2) is 42.5 Å². The minimum absolute atomic E-state index is 0. The van der Waals surface area contributed by atoms with Crippen LogP contribution in [0.25, 0.3) is 10.8 Å². The van der Waals surface area contributed by atoms with Crippen LogP contribution in [0.5, 0.6) is 0 Å². The van der Waals surface area contributed by atoms with Gasteiger partial charge in [-0.1, -0.05) is 49.4 Å². The Morgan fingerprint density at radius 1 is 1.21 bits per heavy atom. The molecule has 0 amide bonds. The maximum atomic E-state index is 11.0. The second-order valence-electron chi connectivity index (χ2n) is 4.15. The van der Waals surface area contributed by atoms with Crippen molar-refractivity contribution in [2.75, 3.05) is 5.75 Å². The van der Waals surface area contributed by atoms with Gasteiger partial charge in [-0.25, -0.2) is 0 Å². The second-order valence-corrected chi connectivity index (χ2v) is 5.63. The zero-order chi connectivity index (χ0) is 13.0. The van der Waals surface area contributed by atoms with E-state index in [9.17, 15) is 9.90 Å². The monoisotopic (exact) mass is 282 g/mol. The third kappa shape index (κ3) is 4.53. The van der Waals surface area contributed by atoms with Crippen LogP contribution in [0.2, 0.25) is 0 Å². The van der Waals surface area contributed by atoms with Gasteiger partial charge in [-0.3, -0.25) is 0 Å². The van der Waals surface area contributed by atoms with Gasteiger partial charge in [0.05, 0.1) is 5.97 Å². The first-order chi connectivity index (χ1) is 8.70. The first-order valence-corrected chi connectivity index (χ1v) is 7.05. The molecule has 2 rings (SSSR count). The number of carboxylic acid groups (broad SMARTS) is 1. The number of benzene rings is 2. The molecule has 0 fully saturated rings. The molecule has 0 aliphatic rings. The molecule has 0 bridgehead atoms. The molecule has 0 aromatic heterocycles. The number of rotatable bonds is 5. The van der Waals surface area contributed by atoms with Crippen molar-refractivity contribution in [2.45, 2.75) is 18.6 Å². The average molecular weight is 282 g/mol. The van der Waals surface area contributed by atoms with Crippen molar-refractivity contribution in [1.82, 2.24) is 0 Å². The van der Waals surface area contributed by atoms with Gasteiger partial charge in [0.1, 0.15) is 0 Å². The molecule has 2 aromatic rings. The first kappa shape index (κ1) is 16.6. The number of carbonyl (C=O) groups is 1. The van der Waals surface area contributed by atoms with Crippen LogP contribution >= 0.6 is 11.8 Å².